The lowest BCUT2D eigenvalue weighted by Gasteiger charge is -2.11. The maximum absolute atomic E-state index is 12.6. The highest BCUT2D eigenvalue weighted by molar-refractivity contribution is 6.07. The number of halogens is 3. The number of hydrogen-bond donors (Lipinski definition) is 2. The summed E-state index contributed by atoms with van der Waals surface area (Å²) in [5, 5.41) is 6.83. The predicted octanol–water partition coefficient (Wildman–Crippen LogP) is 4.05. The molecule has 3 aromatic rings. The van der Waals surface area contributed by atoms with Crippen LogP contribution in [0.5, 0.6) is 0 Å². The van der Waals surface area contributed by atoms with E-state index >= 15 is 0 Å². The molecule has 2 aromatic heterocycles. The molecule has 1 amide bonds. The molecule has 0 saturated heterocycles. The number of benzene rings is 1. The molecular formula is C19H18F3N5O. The van der Waals surface area contributed by atoms with Crippen molar-refractivity contribution in [3.8, 4) is 5.69 Å². The summed E-state index contributed by atoms with van der Waals surface area (Å²) in [7, 11) is 0. The van der Waals surface area contributed by atoms with Gasteiger partial charge in [0.2, 0.25) is 0 Å². The Balaban J connectivity index is 1.92. The summed E-state index contributed by atoms with van der Waals surface area (Å²) < 4.78 is 39.4. The fraction of sp³-hybridized carbons (Fsp3) is 0.211. The van der Waals surface area contributed by atoms with E-state index in [1.54, 1.807) is 6.92 Å². The second kappa shape index (κ2) is 6.99. The van der Waals surface area contributed by atoms with Gasteiger partial charge in [0, 0.05) is 6.20 Å². The molecule has 9 heteroatoms. The Labute approximate surface area is 159 Å². The fourth-order valence-electron chi connectivity index (χ4n) is 2.95. The number of nitrogen functional groups attached to an aromatic ring is 1. The van der Waals surface area contributed by atoms with Gasteiger partial charge < -0.3 is 11.1 Å². The Hall–Kier alpha value is -3.36. The summed E-state index contributed by atoms with van der Waals surface area (Å²) in [5.41, 5.74) is 8.46. The summed E-state index contributed by atoms with van der Waals surface area (Å²) >= 11 is 0. The van der Waals surface area contributed by atoms with E-state index in [1.807, 2.05) is 32.0 Å². The number of carbonyl (C=O) groups excluding carboxylic acids is 1. The molecule has 0 unspecified atom stereocenters. The predicted molar refractivity (Wildman–Crippen MR) is 99.4 cm³/mol. The molecule has 3 N–H and O–H groups in total. The monoisotopic (exact) mass is 389 g/mol. The van der Waals surface area contributed by atoms with Crippen LogP contribution in [0, 0.1) is 20.8 Å². The average molecular weight is 389 g/mol. The van der Waals surface area contributed by atoms with Crippen molar-refractivity contribution in [2.45, 2.75) is 26.9 Å². The van der Waals surface area contributed by atoms with Gasteiger partial charge >= 0.3 is 6.18 Å². The molecule has 0 bridgehead atoms. The molecule has 1 aromatic carbocycles. The van der Waals surface area contributed by atoms with Crippen molar-refractivity contribution in [2.75, 3.05) is 11.1 Å². The second-order valence-corrected chi connectivity index (χ2v) is 6.38. The highest BCUT2D eigenvalue weighted by Gasteiger charge is 2.31. The van der Waals surface area contributed by atoms with E-state index < -0.39 is 17.6 Å². The molecule has 0 spiro atoms. The molecule has 0 aliphatic heterocycles. The standard InChI is InChI=1S/C19H18F3N5O/c1-10-5-4-6-11(2)16(10)27-17(23)15(12(3)26-27)18(28)25-14-8-7-13(9-24-14)19(20,21)22/h4-9H,23H2,1-3H3,(H,24,25,28). The van der Waals surface area contributed by atoms with Crippen LogP contribution in [-0.4, -0.2) is 20.7 Å². The first-order valence-electron chi connectivity index (χ1n) is 8.36. The number of carbonyl (C=O) groups is 1. The Morgan fingerprint density at radius 1 is 1.11 bits per heavy atom. The lowest BCUT2D eigenvalue weighted by Crippen LogP contribution is -2.16. The topological polar surface area (TPSA) is 85.8 Å². The van der Waals surface area contributed by atoms with Gasteiger partial charge in [0.05, 0.1) is 16.9 Å². The number of nitrogens with two attached hydrogens (primary N) is 1. The molecule has 0 atom stereocenters. The van der Waals surface area contributed by atoms with E-state index in [2.05, 4.69) is 15.4 Å². The SMILES string of the molecule is Cc1cccc(C)c1-n1nc(C)c(C(=O)Nc2ccc(C(F)(F)F)cn2)c1N. The van der Waals surface area contributed by atoms with Gasteiger partial charge in [0.1, 0.15) is 17.2 Å². The van der Waals surface area contributed by atoms with Crippen LogP contribution >= 0.6 is 0 Å². The van der Waals surface area contributed by atoms with Crippen molar-refractivity contribution in [1.29, 1.82) is 0 Å². The summed E-state index contributed by atoms with van der Waals surface area (Å²) in [6, 6.07) is 7.65. The molecule has 0 radical (unpaired) electrons. The minimum atomic E-state index is -4.50. The van der Waals surface area contributed by atoms with Crippen molar-refractivity contribution in [2.24, 2.45) is 0 Å². The van der Waals surface area contributed by atoms with Gasteiger partial charge in [0.15, 0.2) is 0 Å². The van der Waals surface area contributed by atoms with Crippen molar-refractivity contribution in [3.63, 3.8) is 0 Å². The molecule has 146 valence electrons. The molecule has 2 heterocycles. The molecule has 3 rings (SSSR count). The van der Waals surface area contributed by atoms with Gasteiger partial charge in [0.25, 0.3) is 5.91 Å². The zero-order valence-electron chi connectivity index (χ0n) is 15.4. The van der Waals surface area contributed by atoms with Crippen LogP contribution in [0.4, 0.5) is 24.8 Å². The summed E-state index contributed by atoms with van der Waals surface area (Å²) in [6.45, 7) is 5.45. The van der Waals surface area contributed by atoms with E-state index in [0.29, 0.717) is 11.9 Å². The molecule has 28 heavy (non-hydrogen) atoms. The third-order valence-corrected chi connectivity index (χ3v) is 4.31. The number of hydrogen-bond acceptors (Lipinski definition) is 4. The zero-order valence-corrected chi connectivity index (χ0v) is 15.4. The van der Waals surface area contributed by atoms with Crippen LogP contribution in [0.15, 0.2) is 36.5 Å². The van der Waals surface area contributed by atoms with Gasteiger partial charge in [-0.2, -0.15) is 18.3 Å². The maximum Gasteiger partial charge on any atom is 0.417 e. The number of nitrogens with zero attached hydrogens (tertiary/aromatic N) is 3. The Morgan fingerprint density at radius 2 is 1.75 bits per heavy atom. The largest absolute Gasteiger partial charge is 0.417 e. The van der Waals surface area contributed by atoms with E-state index in [0.717, 1.165) is 28.9 Å². The summed E-state index contributed by atoms with van der Waals surface area (Å²) in [4.78, 5) is 16.3. The minimum Gasteiger partial charge on any atom is -0.383 e. The van der Waals surface area contributed by atoms with E-state index in [1.165, 1.54) is 4.68 Å². The lowest BCUT2D eigenvalue weighted by molar-refractivity contribution is -0.137. The smallest absolute Gasteiger partial charge is 0.383 e. The number of alkyl halides is 3. The summed E-state index contributed by atoms with van der Waals surface area (Å²) in [5.74, 6) is -0.476. The van der Waals surface area contributed by atoms with Crippen LogP contribution in [-0.2, 0) is 6.18 Å². The Morgan fingerprint density at radius 3 is 2.29 bits per heavy atom. The number of rotatable bonds is 3. The zero-order chi connectivity index (χ0) is 20.6. The quantitative estimate of drug-likeness (QED) is 0.708. The van der Waals surface area contributed by atoms with E-state index in [-0.39, 0.29) is 17.2 Å². The van der Waals surface area contributed by atoms with Crippen LogP contribution in [0.1, 0.15) is 32.7 Å². The van der Waals surface area contributed by atoms with Crippen LogP contribution in [0.2, 0.25) is 0 Å². The minimum absolute atomic E-state index is 0.0170. The van der Waals surface area contributed by atoms with E-state index in [4.69, 9.17) is 5.73 Å². The Bertz CT molecular complexity index is 1020. The molecule has 0 fully saturated rings. The molecule has 0 aliphatic rings. The molecule has 0 aliphatic carbocycles. The van der Waals surface area contributed by atoms with Gasteiger partial charge in [-0.25, -0.2) is 9.67 Å². The number of aromatic nitrogens is 3. The van der Waals surface area contributed by atoms with Gasteiger partial charge in [-0.3, -0.25) is 4.79 Å². The summed E-state index contributed by atoms with van der Waals surface area (Å²) in [6.07, 6.45) is -3.84. The molecule has 0 saturated carbocycles. The first-order chi connectivity index (χ1) is 13.1. The normalized spacial score (nSPS) is 11.5. The number of para-hydroxylation sites is 1. The second-order valence-electron chi connectivity index (χ2n) is 6.38. The van der Waals surface area contributed by atoms with Gasteiger partial charge in [-0.05, 0) is 44.0 Å². The third-order valence-electron chi connectivity index (χ3n) is 4.31. The number of amides is 1. The average Bonchev–Trinajstić information content (AvgIpc) is 2.89. The van der Waals surface area contributed by atoms with Crippen molar-refractivity contribution in [3.05, 3.63) is 64.5 Å². The van der Waals surface area contributed by atoms with Gasteiger partial charge in [-0.15, -0.1) is 0 Å². The van der Waals surface area contributed by atoms with Crippen molar-refractivity contribution >= 4 is 17.5 Å². The molecule has 6 nitrogen and oxygen atoms in total. The van der Waals surface area contributed by atoms with Crippen LogP contribution in [0.25, 0.3) is 5.69 Å². The first kappa shape index (κ1) is 19.4. The van der Waals surface area contributed by atoms with E-state index in [9.17, 15) is 18.0 Å². The highest BCUT2D eigenvalue weighted by atomic mass is 19.4. The highest BCUT2D eigenvalue weighted by Crippen LogP contribution is 2.29. The third kappa shape index (κ3) is 3.55. The number of anilines is 2. The van der Waals surface area contributed by atoms with Gasteiger partial charge in [-0.1, -0.05) is 18.2 Å². The van der Waals surface area contributed by atoms with Crippen LogP contribution < -0.4 is 11.1 Å². The number of pyridine rings is 1. The van der Waals surface area contributed by atoms with Crippen molar-refractivity contribution in [1.82, 2.24) is 14.8 Å². The first-order valence-corrected chi connectivity index (χ1v) is 8.36. The fourth-order valence-corrected chi connectivity index (χ4v) is 2.95. The maximum atomic E-state index is 12.6. The lowest BCUT2D eigenvalue weighted by atomic mass is 10.1. The van der Waals surface area contributed by atoms with Crippen LogP contribution in [0.3, 0.4) is 0 Å². The number of aryl methyl sites for hydroxylation is 3. The number of nitrogens with one attached hydrogen (secondary N) is 1. The molecular weight excluding hydrogens is 371 g/mol. The Kier molecular flexibility index (Phi) is 4.84. The van der Waals surface area contributed by atoms with Crippen molar-refractivity contribution < 1.29 is 18.0 Å².